The van der Waals surface area contributed by atoms with Crippen molar-refractivity contribution in [1.82, 2.24) is 0 Å². The van der Waals surface area contributed by atoms with Crippen LogP contribution in [0.1, 0.15) is 16.7 Å². The number of methoxy groups -OCH3 is 1. The van der Waals surface area contributed by atoms with Crippen LogP contribution in [0, 0.1) is 5.82 Å². The maximum Gasteiger partial charge on any atom is 0.270 e. The molecule has 5 rings (SSSR count). The first-order valence-electron chi connectivity index (χ1n) is 12.0. The molecular formula is C31H22ClFN2O3S. The van der Waals surface area contributed by atoms with Crippen LogP contribution < -0.4 is 14.5 Å². The lowest BCUT2D eigenvalue weighted by molar-refractivity contribution is -0.120. The van der Waals surface area contributed by atoms with Crippen LogP contribution in [-0.4, -0.2) is 24.0 Å². The number of hydrogen-bond donors (Lipinski definition) is 0. The molecule has 5 nitrogen and oxygen atoms in total. The third-order valence-corrected chi connectivity index (χ3v) is 7.01. The maximum atomic E-state index is 14.3. The number of nitrogens with zero attached hydrogens (tertiary/aromatic N) is 2. The van der Waals surface area contributed by atoms with Crippen molar-refractivity contribution in [1.29, 1.82) is 0 Å². The summed E-state index contributed by atoms with van der Waals surface area (Å²) in [4.78, 5) is 30.1. The number of carbonyl (C=O) groups is 2. The molecule has 4 aromatic rings. The number of halogens is 2. The maximum absolute atomic E-state index is 14.3. The Morgan fingerprint density at radius 3 is 1.92 bits per heavy atom. The van der Waals surface area contributed by atoms with Crippen molar-refractivity contribution in [2.75, 3.05) is 16.9 Å². The normalized spacial score (nSPS) is 13.6. The van der Waals surface area contributed by atoms with E-state index in [-0.39, 0.29) is 22.9 Å². The highest BCUT2D eigenvalue weighted by Gasteiger charge is 2.41. The van der Waals surface area contributed by atoms with E-state index < -0.39 is 11.8 Å². The molecule has 0 spiro atoms. The standard InChI is InChI=1S/C31H22ClFN2O3S/c1-38-28-18-20(17-26(32)24(28)19-21-10-8-9-15-27(21)33)16-25-29(36)34(22-11-4-2-5-12-22)31(39)35(30(25)37)23-13-6-3-7-14-23/h2-18H,19H2,1H3. The van der Waals surface area contributed by atoms with Crippen molar-refractivity contribution in [2.45, 2.75) is 6.42 Å². The number of para-hydroxylation sites is 2. The lowest BCUT2D eigenvalue weighted by atomic mass is 9.99. The van der Waals surface area contributed by atoms with Gasteiger partial charge < -0.3 is 4.74 Å². The molecule has 1 aliphatic heterocycles. The van der Waals surface area contributed by atoms with Crippen molar-refractivity contribution in [3.05, 3.63) is 130 Å². The fraction of sp³-hybridized carbons (Fsp3) is 0.0645. The molecule has 39 heavy (non-hydrogen) atoms. The van der Waals surface area contributed by atoms with E-state index in [4.69, 9.17) is 28.6 Å². The lowest BCUT2D eigenvalue weighted by Gasteiger charge is -2.36. The van der Waals surface area contributed by atoms with Gasteiger partial charge in [-0.05, 0) is 71.9 Å². The number of thiocarbonyl (C=S) groups is 1. The quantitative estimate of drug-likeness (QED) is 0.148. The minimum Gasteiger partial charge on any atom is -0.496 e. The van der Waals surface area contributed by atoms with Crippen LogP contribution in [-0.2, 0) is 16.0 Å². The molecule has 0 atom stereocenters. The summed E-state index contributed by atoms with van der Waals surface area (Å²) < 4.78 is 19.9. The molecule has 0 bridgehead atoms. The number of anilines is 2. The smallest absolute Gasteiger partial charge is 0.270 e. The van der Waals surface area contributed by atoms with Gasteiger partial charge in [0.25, 0.3) is 11.8 Å². The van der Waals surface area contributed by atoms with E-state index in [1.165, 1.54) is 29.1 Å². The molecular weight excluding hydrogens is 535 g/mol. The number of amides is 2. The molecule has 8 heteroatoms. The van der Waals surface area contributed by atoms with Gasteiger partial charge in [0, 0.05) is 17.0 Å². The summed E-state index contributed by atoms with van der Waals surface area (Å²) in [6, 6.07) is 27.5. The highest BCUT2D eigenvalue weighted by atomic mass is 35.5. The summed E-state index contributed by atoms with van der Waals surface area (Å²) in [5, 5.41) is 0.367. The average Bonchev–Trinajstić information content (AvgIpc) is 2.94. The van der Waals surface area contributed by atoms with E-state index in [0.29, 0.717) is 38.8 Å². The van der Waals surface area contributed by atoms with Crippen LogP contribution in [0.3, 0.4) is 0 Å². The molecule has 0 saturated carbocycles. The monoisotopic (exact) mass is 556 g/mol. The highest BCUT2D eigenvalue weighted by molar-refractivity contribution is 7.81. The van der Waals surface area contributed by atoms with Crippen molar-refractivity contribution in [2.24, 2.45) is 0 Å². The minimum absolute atomic E-state index is 0.0513. The van der Waals surface area contributed by atoms with E-state index in [1.54, 1.807) is 78.9 Å². The Balaban J connectivity index is 1.60. The zero-order valence-electron chi connectivity index (χ0n) is 20.8. The van der Waals surface area contributed by atoms with Crippen molar-refractivity contribution in [3.8, 4) is 5.75 Å². The molecule has 1 fully saturated rings. The van der Waals surface area contributed by atoms with Crippen LogP contribution in [0.2, 0.25) is 5.02 Å². The van der Waals surface area contributed by atoms with Gasteiger partial charge in [-0.25, -0.2) is 4.39 Å². The second-order valence-corrected chi connectivity index (χ2v) is 9.52. The zero-order valence-corrected chi connectivity index (χ0v) is 22.4. The summed E-state index contributed by atoms with van der Waals surface area (Å²) in [6.45, 7) is 0. The Bertz CT molecular complexity index is 1550. The predicted octanol–water partition coefficient (Wildman–Crippen LogP) is 6.83. The first-order valence-corrected chi connectivity index (χ1v) is 12.8. The van der Waals surface area contributed by atoms with E-state index in [9.17, 15) is 14.0 Å². The number of rotatable bonds is 6. The average molecular weight is 557 g/mol. The van der Waals surface area contributed by atoms with Gasteiger partial charge >= 0.3 is 0 Å². The Labute approximate surface area is 235 Å². The zero-order chi connectivity index (χ0) is 27.5. The fourth-order valence-electron chi connectivity index (χ4n) is 4.41. The van der Waals surface area contributed by atoms with E-state index >= 15 is 0 Å². The van der Waals surface area contributed by atoms with Gasteiger partial charge in [-0.3, -0.25) is 19.4 Å². The predicted molar refractivity (Wildman–Crippen MR) is 156 cm³/mol. The van der Waals surface area contributed by atoms with E-state index in [0.717, 1.165) is 0 Å². The van der Waals surface area contributed by atoms with Gasteiger partial charge in [-0.2, -0.15) is 0 Å². The second kappa shape index (κ2) is 11.2. The molecule has 0 N–H and O–H groups in total. The molecule has 4 aromatic carbocycles. The summed E-state index contributed by atoms with van der Waals surface area (Å²) in [6.07, 6.45) is 1.68. The largest absolute Gasteiger partial charge is 0.496 e. The second-order valence-electron chi connectivity index (χ2n) is 8.74. The third-order valence-electron chi connectivity index (χ3n) is 6.31. The van der Waals surface area contributed by atoms with E-state index in [2.05, 4.69) is 0 Å². The summed E-state index contributed by atoms with van der Waals surface area (Å²) in [7, 11) is 1.48. The Kier molecular flexibility index (Phi) is 7.54. The fourth-order valence-corrected chi connectivity index (χ4v) is 5.07. The van der Waals surface area contributed by atoms with Crippen molar-refractivity contribution < 1.29 is 18.7 Å². The highest BCUT2D eigenvalue weighted by Crippen LogP contribution is 2.34. The van der Waals surface area contributed by atoms with Crippen molar-refractivity contribution >= 4 is 58.2 Å². The van der Waals surface area contributed by atoms with Gasteiger partial charge in [0.2, 0.25) is 0 Å². The molecule has 0 unspecified atom stereocenters. The van der Waals surface area contributed by atoms with Crippen LogP contribution in [0.4, 0.5) is 15.8 Å². The molecule has 0 radical (unpaired) electrons. The molecule has 2 amide bonds. The first-order chi connectivity index (χ1) is 18.9. The lowest BCUT2D eigenvalue weighted by Crippen LogP contribution is -2.56. The SMILES string of the molecule is COc1cc(C=C2C(=O)N(c3ccccc3)C(=S)N(c3ccccc3)C2=O)cc(Cl)c1Cc1ccccc1F. The number of ether oxygens (including phenoxy) is 1. The summed E-state index contributed by atoms with van der Waals surface area (Å²) in [5.74, 6) is -1.07. The molecule has 0 aliphatic carbocycles. The van der Waals surface area contributed by atoms with Gasteiger partial charge in [0.15, 0.2) is 5.11 Å². The molecule has 1 aliphatic rings. The summed E-state index contributed by atoms with van der Waals surface area (Å²) in [5.41, 5.74) is 2.49. The van der Waals surface area contributed by atoms with Gasteiger partial charge in [-0.1, -0.05) is 66.2 Å². The minimum atomic E-state index is -0.561. The molecule has 0 aromatic heterocycles. The number of hydrogen-bond acceptors (Lipinski definition) is 4. The Hall–Kier alpha value is -4.33. The number of carbonyl (C=O) groups excluding carboxylic acids is 2. The third kappa shape index (κ3) is 5.19. The molecule has 1 heterocycles. The molecule has 194 valence electrons. The Morgan fingerprint density at radius 1 is 0.846 bits per heavy atom. The molecule has 1 saturated heterocycles. The topological polar surface area (TPSA) is 49.9 Å². The van der Waals surface area contributed by atoms with Gasteiger partial charge in [-0.15, -0.1) is 0 Å². The van der Waals surface area contributed by atoms with Crippen LogP contribution in [0.15, 0.2) is 103 Å². The van der Waals surface area contributed by atoms with E-state index in [1.807, 2.05) is 12.1 Å². The van der Waals surface area contributed by atoms with Crippen molar-refractivity contribution in [3.63, 3.8) is 0 Å². The first kappa shape index (κ1) is 26.3. The van der Waals surface area contributed by atoms with Crippen LogP contribution in [0.5, 0.6) is 5.75 Å². The van der Waals surface area contributed by atoms with Crippen LogP contribution in [0.25, 0.3) is 6.08 Å². The Morgan fingerprint density at radius 2 is 1.38 bits per heavy atom. The van der Waals surface area contributed by atoms with Gasteiger partial charge in [0.1, 0.15) is 17.1 Å². The number of benzene rings is 4. The summed E-state index contributed by atoms with van der Waals surface area (Å²) >= 11 is 12.3. The van der Waals surface area contributed by atoms with Crippen LogP contribution >= 0.6 is 23.8 Å². The van der Waals surface area contributed by atoms with Gasteiger partial charge in [0.05, 0.1) is 18.5 Å².